The Morgan fingerprint density at radius 2 is 1.86 bits per heavy atom. The van der Waals surface area contributed by atoms with Gasteiger partial charge in [-0.2, -0.15) is 5.10 Å². The first kappa shape index (κ1) is 24.2. The minimum Gasteiger partial charge on any atom is -0.493 e. The normalized spacial score (nSPS) is 11.2. The van der Waals surface area contributed by atoms with Crippen LogP contribution in [-0.2, 0) is 11.2 Å². The molecule has 1 amide bonds. The van der Waals surface area contributed by atoms with Crippen LogP contribution in [0, 0.1) is 5.92 Å². The van der Waals surface area contributed by atoms with Crippen LogP contribution in [0.2, 0.25) is 0 Å². The Balaban J connectivity index is 1.63. The van der Waals surface area contributed by atoms with Crippen LogP contribution < -0.4 is 14.8 Å². The second-order valence-corrected chi connectivity index (χ2v) is 9.27. The molecule has 0 aliphatic heterocycles. The average Bonchev–Trinajstić information content (AvgIpc) is 3.49. The molecule has 4 rings (SSSR count). The Labute approximate surface area is 208 Å². The summed E-state index contributed by atoms with van der Waals surface area (Å²) in [6.07, 6.45) is 5.93. The monoisotopic (exact) mass is 489 g/mol. The van der Waals surface area contributed by atoms with E-state index in [2.05, 4.69) is 29.4 Å². The van der Waals surface area contributed by atoms with Crippen molar-refractivity contribution < 1.29 is 14.3 Å². The van der Waals surface area contributed by atoms with Gasteiger partial charge in [-0.05, 0) is 42.3 Å². The molecule has 0 unspecified atom stereocenters. The highest BCUT2D eigenvalue weighted by Crippen LogP contribution is 2.33. The number of carbonyl (C=O) groups is 1. The van der Waals surface area contributed by atoms with Crippen LogP contribution in [0.5, 0.6) is 11.5 Å². The Morgan fingerprint density at radius 3 is 2.57 bits per heavy atom. The number of anilines is 1. The summed E-state index contributed by atoms with van der Waals surface area (Å²) in [6, 6.07) is 15.4. The lowest BCUT2D eigenvalue weighted by molar-refractivity contribution is -0.111. The van der Waals surface area contributed by atoms with Gasteiger partial charge in [0.1, 0.15) is 10.7 Å². The van der Waals surface area contributed by atoms with E-state index in [1.807, 2.05) is 54.7 Å². The molecule has 2 aromatic carbocycles. The zero-order valence-electron chi connectivity index (χ0n) is 20.1. The summed E-state index contributed by atoms with van der Waals surface area (Å²) in [5, 5.41) is 17.2. The highest BCUT2D eigenvalue weighted by molar-refractivity contribution is 7.15. The first-order valence-electron chi connectivity index (χ1n) is 11.2. The third-order valence-corrected chi connectivity index (χ3v) is 5.98. The number of aromatic nitrogens is 4. The minimum absolute atomic E-state index is 0.289. The number of hydrogen-bond acceptors (Lipinski definition) is 7. The molecule has 9 heteroatoms. The molecule has 0 saturated heterocycles. The Kier molecular flexibility index (Phi) is 7.57. The van der Waals surface area contributed by atoms with E-state index in [-0.39, 0.29) is 5.91 Å². The van der Waals surface area contributed by atoms with Gasteiger partial charge in [0.25, 0.3) is 0 Å². The molecule has 35 heavy (non-hydrogen) atoms. The maximum atomic E-state index is 12.6. The molecule has 1 N–H and O–H groups in total. The summed E-state index contributed by atoms with van der Waals surface area (Å²) in [7, 11) is 3.19. The summed E-state index contributed by atoms with van der Waals surface area (Å²) < 4.78 is 12.6. The van der Waals surface area contributed by atoms with Crippen LogP contribution in [0.15, 0.2) is 60.8 Å². The average molecular weight is 490 g/mol. The molecular formula is C26H27N5O3S. The maximum Gasteiger partial charge on any atom is 0.250 e. The lowest BCUT2D eigenvalue weighted by Gasteiger charge is -2.09. The van der Waals surface area contributed by atoms with E-state index in [9.17, 15) is 4.79 Å². The lowest BCUT2D eigenvalue weighted by Crippen LogP contribution is -2.07. The standard InChI is InChI=1S/C26H27N5O3S/c1-17(2)14-24-28-29-26(35-24)27-23(32)13-11-19-16-31(20-8-6-5-7-9-20)30-25(19)18-10-12-21(33-3)22(15-18)34-4/h5-13,15-17H,14H2,1-4H3,(H,27,29,32). The van der Waals surface area contributed by atoms with Crippen molar-refractivity contribution in [3.8, 4) is 28.4 Å². The zero-order valence-corrected chi connectivity index (χ0v) is 20.9. The number of carbonyl (C=O) groups excluding carboxylic acids is 1. The fourth-order valence-electron chi connectivity index (χ4n) is 3.48. The van der Waals surface area contributed by atoms with Gasteiger partial charge in [0.05, 0.1) is 19.9 Å². The molecule has 0 fully saturated rings. The predicted octanol–water partition coefficient (Wildman–Crippen LogP) is 5.26. The number of para-hydroxylation sites is 1. The quantitative estimate of drug-likeness (QED) is 0.323. The Bertz CT molecular complexity index is 1330. The van der Waals surface area contributed by atoms with E-state index in [4.69, 9.17) is 14.6 Å². The summed E-state index contributed by atoms with van der Waals surface area (Å²) in [5.74, 6) is 1.41. The van der Waals surface area contributed by atoms with Crippen LogP contribution >= 0.6 is 11.3 Å². The van der Waals surface area contributed by atoms with Crippen molar-refractivity contribution in [1.82, 2.24) is 20.0 Å². The fraction of sp³-hybridized carbons (Fsp3) is 0.231. The van der Waals surface area contributed by atoms with Crippen molar-refractivity contribution in [1.29, 1.82) is 0 Å². The van der Waals surface area contributed by atoms with Gasteiger partial charge >= 0.3 is 0 Å². The first-order valence-corrected chi connectivity index (χ1v) is 12.0. The van der Waals surface area contributed by atoms with Gasteiger partial charge in [-0.15, -0.1) is 10.2 Å². The highest BCUT2D eigenvalue weighted by Gasteiger charge is 2.14. The molecule has 0 aliphatic rings. The molecule has 2 heterocycles. The third-order valence-electron chi connectivity index (χ3n) is 5.11. The van der Waals surface area contributed by atoms with E-state index < -0.39 is 0 Å². The van der Waals surface area contributed by atoms with Gasteiger partial charge < -0.3 is 9.47 Å². The van der Waals surface area contributed by atoms with Crippen molar-refractivity contribution in [2.24, 2.45) is 5.92 Å². The molecule has 0 saturated carbocycles. The van der Waals surface area contributed by atoms with Gasteiger partial charge in [0, 0.05) is 29.8 Å². The van der Waals surface area contributed by atoms with Gasteiger partial charge in [-0.3, -0.25) is 10.1 Å². The maximum absolute atomic E-state index is 12.6. The van der Waals surface area contributed by atoms with Crippen molar-refractivity contribution in [3.05, 3.63) is 71.4 Å². The molecule has 8 nitrogen and oxygen atoms in total. The van der Waals surface area contributed by atoms with Crippen molar-refractivity contribution in [3.63, 3.8) is 0 Å². The Hall–Kier alpha value is -3.98. The molecule has 4 aromatic rings. The van der Waals surface area contributed by atoms with E-state index in [1.54, 1.807) is 25.0 Å². The minimum atomic E-state index is -0.289. The van der Waals surface area contributed by atoms with Crippen molar-refractivity contribution in [2.75, 3.05) is 19.5 Å². The third kappa shape index (κ3) is 5.93. The molecule has 0 aliphatic carbocycles. The number of hydrogen-bond donors (Lipinski definition) is 1. The summed E-state index contributed by atoms with van der Waals surface area (Å²) >= 11 is 1.39. The van der Waals surface area contributed by atoms with Crippen molar-refractivity contribution in [2.45, 2.75) is 20.3 Å². The van der Waals surface area contributed by atoms with E-state index in [0.29, 0.717) is 28.2 Å². The number of nitrogens with one attached hydrogen (secondary N) is 1. The number of amides is 1. The van der Waals surface area contributed by atoms with Crippen molar-refractivity contribution >= 4 is 28.5 Å². The number of ether oxygens (including phenoxy) is 2. The molecular weight excluding hydrogens is 462 g/mol. The second-order valence-electron chi connectivity index (χ2n) is 8.20. The van der Waals surface area contributed by atoms with Crippen LogP contribution in [0.25, 0.3) is 23.0 Å². The smallest absolute Gasteiger partial charge is 0.250 e. The van der Waals surface area contributed by atoms with E-state index >= 15 is 0 Å². The number of nitrogens with zero attached hydrogens (tertiary/aromatic N) is 4. The molecule has 0 spiro atoms. The summed E-state index contributed by atoms with van der Waals surface area (Å²) in [5.41, 5.74) is 3.22. The van der Waals surface area contributed by atoms with Crippen LogP contribution in [-0.4, -0.2) is 40.1 Å². The number of rotatable bonds is 9. The highest BCUT2D eigenvalue weighted by atomic mass is 32.1. The van der Waals surface area contributed by atoms with E-state index in [0.717, 1.165) is 28.2 Å². The topological polar surface area (TPSA) is 91.2 Å². The number of benzene rings is 2. The SMILES string of the molecule is COc1ccc(-c2nn(-c3ccccc3)cc2C=CC(=O)Nc2nnc(CC(C)C)s2)cc1OC. The molecule has 0 atom stereocenters. The second kappa shape index (κ2) is 11.0. The van der Waals surface area contributed by atoms with Gasteiger partial charge in [-0.25, -0.2) is 4.68 Å². The first-order chi connectivity index (χ1) is 17.0. The van der Waals surface area contributed by atoms with Crippen LogP contribution in [0.4, 0.5) is 5.13 Å². The van der Waals surface area contributed by atoms with Crippen LogP contribution in [0.3, 0.4) is 0 Å². The summed E-state index contributed by atoms with van der Waals surface area (Å²) in [6.45, 7) is 4.24. The molecule has 2 aromatic heterocycles. The lowest BCUT2D eigenvalue weighted by atomic mass is 10.1. The number of methoxy groups -OCH3 is 2. The predicted molar refractivity (Wildman–Crippen MR) is 138 cm³/mol. The zero-order chi connectivity index (χ0) is 24.8. The largest absolute Gasteiger partial charge is 0.493 e. The van der Waals surface area contributed by atoms with Gasteiger partial charge in [0.15, 0.2) is 11.5 Å². The molecule has 0 bridgehead atoms. The summed E-state index contributed by atoms with van der Waals surface area (Å²) in [4.78, 5) is 12.6. The van der Waals surface area contributed by atoms with Gasteiger partial charge in [-0.1, -0.05) is 43.4 Å². The molecule has 180 valence electrons. The van der Waals surface area contributed by atoms with Gasteiger partial charge in [0.2, 0.25) is 11.0 Å². The van der Waals surface area contributed by atoms with E-state index in [1.165, 1.54) is 17.4 Å². The Morgan fingerprint density at radius 1 is 1.09 bits per heavy atom. The fourth-order valence-corrected chi connectivity index (χ4v) is 4.43. The van der Waals surface area contributed by atoms with Crippen LogP contribution in [0.1, 0.15) is 24.4 Å². The molecule has 0 radical (unpaired) electrons.